The van der Waals surface area contributed by atoms with Crippen molar-refractivity contribution in [2.45, 2.75) is 53.8 Å². The molecule has 1 aromatic heterocycles. The summed E-state index contributed by atoms with van der Waals surface area (Å²) in [4.78, 5) is 11.7. The third-order valence-corrected chi connectivity index (χ3v) is 4.44. The zero-order chi connectivity index (χ0) is 20.2. The molecule has 2 rings (SSSR count). The average Bonchev–Trinajstić information content (AvgIpc) is 2.90. The zero-order valence-electron chi connectivity index (χ0n) is 16.9. The molecule has 1 heterocycles. The van der Waals surface area contributed by atoms with E-state index in [2.05, 4.69) is 10.5 Å². The van der Waals surface area contributed by atoms with Crippen LogP contribution in [0.4, 0.5) is 0 Å². The molecule has 1 amide bonds. The second kappa shape index (κ2) is 8.43. The molecule has 1 unspecified atom stereocenters. The van der Waals surface area contributed by atoms with Crippen LogP contribution in [-0.4, -0.2) is 24.2 Å². The van der Waals surface area contributed by atoms with Gasteiger partial charge in [0.2, 0.25) is 5.91 Å². The standard InChI is InChI=1S/C20H29N3O4/c1-12-15(13(2)27-23-12)11-26-16-8-7-14(9-17(16)25-6)10-22-18(19(21)24)20(3,4)5/h7-9,18,22H,10-11H2,1-6H3,(H2,21,24). The molecule has 2 aromatic rings. The molecule has 0 aliphatic heterocycles. The Morgan fingerprint density at radius 2 is 2.00 bits per heavy atom. The first-order valence-corrected chi connectivity index (χ1v) is 8.87. The molecule has 27 heavy (non-hydrogen) atoms. The molecule has 0 saturated heterocycles. The van der Waals surface area contributed by atoms with Gasteiger partial charge in [-0.15, -0.1) is 0 Å². The second-order valence-corrected chi connectivity index (χ2v) is 7.66. The molecule has 0 fully saturated rings. The number of carbonyl (C=O) groups is 1. The largest absolute Gasteiger partial charge is 0.493 e. The minimum absolute atomic E-state index is 0.271. The number of ether oxygens (including phenoxy) is 2. The molecular weight excluding hydrogens is 346 g/mol. The van der Waals surface area contributed by atoms with Crippen molar-refractivity contribution in [3.05, 3.63) is 40.8 Å². The van der Waals surface area contributed by atoms with Gasteiger partial charge in [0, 0.05) is 6.54 Å². The minimum atomic E-state index is -0.432. The molecule has 7 heteroatoms. The number of carbonyl (C=O) groups excluding carboxylic acids is 1. The van der Waals surface area contributed by atoms with Crippen LogP contribution in [0.25, 0.3) is 0 Å². The first-order valence-electron chi connectivity index (χ1n) is 8.87. The van der Waals surface area contributed by atoms with E-state index in [0.29, 0.717) is 24.7 Å². The fourth-order valence-corrected chi connectivity index (χ4v) is 2.85. The van der Waals surface area contributed by atoms with Gasteiger partial charge >= 0.3 is 0 Å². The van der Waals surface area contributed by atoms with Crippen LogP contribution in [0.5, 0.6) is 11.5 Å². The molecule has 0 aliphatic carbocycles. The topological polar surface area (TPSA) is 99.6 Å². The van der Waals surface area contributed by atoms with E-state index in [-0.39, 0.29) is 11.3 Å². The number of primary amides is 1. The van der Waals surface area contributed by atoms with Crippen molar-refractivity contribution in [2.24, 2.45) is 11.1 Å². The number of benzene rings is 1. The zero-order valence-corrected chi connectivity index (χ0v) is 16.9. The number of nitrogens with zero attached hydrogens (tertiary/aromatic N) is 1. The number of aromatic nitrogens is 1. The summed E-state index contributed by atoms with van der Waals surface area (Å²) in [6, 6.07) is 5.23. The molecule has 1 aromatic carbocycles. The first kappa shape index (κ1) is 20.8. The van der Waals surface area contributed by atoms with Crippen LogP contribution < -0.4 is 20.5 Å². The predicted molar refractivity (Wildman–Crippen MR) is 103 cm³/mol. The number of amides is 1. The number of hydrogen-bond acceptors (Lipinski definition) is 6. The van der Waals surface area contributed by atoms with E-state index in [1.54, 1.807) is 7.11 Å². The van der Waals surface area contributed by atoms with Crippen molar-refractivity contribution in [2.75, 3.05) is 7.11 Å². The van der Waals surface area contributed by atoms with Crippen LogP contribution in [-0.2, 0) is 17.9 Å². The first-order chi connectivity index (χ1) is 12.6. The maximum atomic E-state index is 11.7. The minimum Gasteiger partial charge on any atom is -0.493 e. The Bertz CT molecular complexity index is 774. The van der Waals surface area contributed by atoms with Crippen molar-refractivity contribution in [3.8, 4) is 11.5 Å². The van der Waals surface area contributed by atoms with Gasteiger partial charge in [-0.2, -0.15) is 0 Å². The number of rotatable bonds is 8. The Morgan fingerprint density at radius 1 is 1.30 bits per heavy atom. The summed E-state index contributed by atoms with van der Waals surface area (Å²) in [5.74, 6) is 1.62. The van der Waals surface area contributed by atoms with Gasteiger partial charge < -0.3 is 25.0 Å². The van der Waals surface area contributed by atoms with E-state index < -0.39 is 6.04 Å². The Hall–Kier alpha value is -2.54. The monoisotopic (exact) mass is 375 g/mol. The van der Waals surface area contributed by atoms with Gasteiger partial charge in [-0.25, -0.2) is 0 Å². The van der Waals surface area contributed by atoms with E-state index >= 15 is 0 Å². The lowest BCUT2D eigenvalue weighted by Gasteiger charge is -2.29. The van der Waals surface area contributed by atoms with E-state index in [9.17, 15) is 4.79 Å². The fourth-order valence-electron chi connectivity index (χ4n) is 2.85. The second-order valence-electron chi connectivity index (χ2n) is 7.66. The molecule has 0 radical (unpaired) electrons. The average molecular weight is 375 g/mol. The summed E-state index contributed by atoms with van der Waals surface area (Å²) < 4.78 is 16.5. The van der Waals surface area contributed by atoms with Gasteiger partial charge in [0.05, 0.1) is 24.4 Å². The quantitative estimate of drug-likeness (QED) is 0.736. The van der Waals surface area contributed by atoms with Crippen LogP contribution in [0.15, 0.2) is 22.7 Å². The van der Waals surface area contributed by atoms with Gasteiger partial charge in [0.1, 0.15) is 12.4 Å². The number of hydrogen-bond donors (Lipinski definition) is 2. The van der Waals surface area contributed by atoms with Gasteiger partial charge in [-0.3, -0.25) is 4.79 Å². The number of aryl methyl sites for hydroxylation is 2. The number of nitrogens with two attached hydrogens (primary N) is 1. The molecule has 7 nitrogen and oxygen atoms in total. The van der Waals surface area contributed by atoms with Crippen molar-refractivity contribution in [3.63, 3.8) is 0 Å². The summed E-state index contributed by atoms with van der Waals surface area (Å²) in [6.45, 7) is 10.5. The van der Waals surface area contributed by atoms with Gasteiger partial charge in [0.25, 0.3) is 0 Å². The van der Waals surface area contributed by atoms with Crippen LogP contribution in [0.3, 0.4) is 0 Å². The summed E-state index contributed by atoms with van der Waals surface area (Å²) in [5.41, 5.74) is 7.95. The molecule has 0 aliphatic rings. The van der Waals surface area contributed by atoms with Crippen molar-refractivity contribution in [1.29, 1.82) is 0 Å². The summed E-state index contributed by atoms with van der Waals surface area (Å²) in [6.07, 6.45) is 0. The normalized spacial score (nSPS) is 12.7. The van der Waals surface area contributed by atoms with Gasteiger partial charge in [0.15, 0.2) is 11.5 Å². The summed E-state index contributed by atoms with van der Waals surface area (Å²) >= 11 is 0. The number of methoxy groups -OCH3 is 1. The summed E-state index contributed by atoms with van der Waals surface area (Å²) in [5, 5.41) is 7.15. The Balaban J connectivity index is 2.08. The van der Waals surface area contributed by atoms with Crippen LogP contribution in [0.1, 0.15) is 43.4 Å². The van der Waals surface area contributed by atoms with Gasteiger partial charge in [-0.1, -0.05) is 32.0 Å². The SMILES string of the molecule is COc1cc(CNC(C(N)=O)C(C)(C)C)ccc1OCc1c(C)noc1C. The maximum Gasteiger partial charge on any atom is 0.235 e. The molecule has 0 saturated carbocycles. The third kappa shape index (κ3) is 5.23. The van der Waals surface area contributed by atoms with Crippen LogP contribution in [0.2, 0.25) is 0 Å². The lowest BCUT2D eigenvalue weighted by atomic mass is 9.86. The molecule has 148 valence electrons. The Labute approximate surface area is 160 Å². The van der Waals surface area contributed by atoms with Crippen molar-refractivity contribution >= 4 is 5.91 Å². The Morgan fingerprint density at radius 3 is 2.52 bits per heavy atom. The fraction of sp³-hybridized carbons (Fsp3) is 0.500. The number of nitrogens with one attached hydrogen (secondary N) is 1. The molecule has 1 atom stereocenters. The van der Waals surface area contributed by atoms with Crippen molar-refractivity contribution in [1.82, 2.24) is 10.5 Å². The van der Waals surface area contributed by atoms with Crippen molar-refractivity contribution < 1.29 is 18.8 Å². The predicted octanol–water partition coefficient (Wildman–Crippen LogP) is 2.87. The highest BCUT2D eigenvalue weighted by Gasteiger charge is 2.29. The Kier molecular flexibility index (Phi) is 6.49. The smallest absolute Gasteiger partial charge is 0.235 e. The van der Waals surface area contributed by atoms with E-state index in [0.717, 1.165) is 22.6 Å². The molecular formula is C20H29N3O4. The maximum absolute atomic E-state index is 11.7. The van der Waals surface area contributed by atoms with E-state index in [4.69, 9.17) is 19.7 Å². The van der Waals surface area contributed by atoms with Gasteiger partial charge in [-0.05, 0) is 37.0 Å². The molecule has 0 spiro atoms. The molecule has 3 N–H and O–H groups in total. The van der Waals surface area contributed by atoms with E-state index in [1.165, 1.54) is 0 Å². The highest BCUT2D eigenvalue weighted by atomic mass is 16.5. The van der Waals surface area contributed by atoms with E-state index in [1.807, 2.05) is 52.8 Å². The molecule has 0 bridgehead atoms. The highest BCUT2D eigenvalue weighted by molar-refractivity contribution is 5.80. The highest BCUT2D eigenvalue weighted by Crippen LogP contribution is 2.30. The lowest BCUT2D eigenvalue weighted by molar-refractivity contribution is -0.122. The van der Waals surface area contributed by atoms with Crippen LogP contribution >= 0.6 is 0 Å². The van der Waals surface area contributed by atoms with Crippen LogP contribution in [0, 0.1) is 19.3 Å². The summed E-state index contributed by atoms with van der Waals surface area (Å²) in [7, 11) is 1.59. The lowest BCUT2D eigenvalue weighted by Crippen LogP contribution is -2.49. The third-order valence-electron chi connectivity index (χ3n) is 4.44.